The second-order valence-corrected chi connectivity index (χ2v) is 4.96. The standard InChI is InChI=1S/C10H20N2OS.HI/c1-8(13)7-10(2,3)11-9(14-6)12(4)5;/h7H2,1-6H3;1H. The van der Waals surface area contributed by atoms with Gasteiger partial charge in [-0.25, -0.2) is 0 Å². The van der Waals surface area contributed by atoms with Gasteiger partial charge in [0.25, 0.3) is 0 Å². The van der Waals surface area contributed by atoms with E-state index in [0.717, 1.165) is 5.17 Å². The van der Waals surface area contributed by atoms with Crippen molar-refractivity contribution in [2.24, 2.45) is 4.99 Å². The highest BCUT2D eigenvalue weighted by atomic mass is 127. The summed E-state index contributed by atoms with van der Waals surface area (Å²) in [6.45, 7) is 5.56. The third-order valence-electron chi connectivity index (χ3n) is 1.65. The molecule has 0 fully saturated rings. The number of ketones is 1. The summed E-state index contributed by atoms with van der Waals surface area (Å²) < 4.78 is 0. The summed E-state index contributed by atoms with van der Waals surface area (Å²) in [6.07, 6.45) is 2.48. The maximum atomic E-state index is 11.0. The lowest BCUT2D eigenvalue weighted by Gasteiger charge is -2.22. The highest BCUT2D eigenvalue weighted by Gasteiger charge is 2.20. The number of thioether (sulfide) groups is 1. The van der Waals surface area contributed by atoms with Gasteiger partial charge in [-0.2, -0.15) is 0 Å². The maximum absolute atomic E-state index is 11.0. The zero-order chi connectivity index (χ0) is 11.4. The summed E-state index contributed by atoms with van der Waals surface area (Å²) in [5.74, 6) is 0.179. The number of hydrogen-bond donors (Lipinski definition) is 0. The quantitative estimate of drug-likeness (QED) is 0.448. The average Bonchev–Trinajstić information content (AvgIpc) is 1.97. The first kappa shape index (κ1) is 17.6. The molecule has 0 saturated carbocycles. The molecule has 0 aromatic rings. The second-order valence-electron chi connectivity index (χ2n) is 4.18. The molecular weight excluding hydrogens is 323 g/mol. The lowest BCUT2D eigenvalue weighted by molar-refractivity contribution is -0.117. The molecule has 90 valence electrons. The van der Waals surface area contributed by atoms with Crippen LogP contribution in [-0.4, -0.2) is 41.7 Å². The van der Waals surface area contributed by atoms with Crippen molar-refractivity contribution >= 4 is 46.7 Å². The highest BCUT2D eigenvalue weighted by molar-refractivity contribution is 14.0. The molecule has 0 aliphatic carbocycles. The Kier molecular flexibility index (Phi) is 8.79. The first-order valence-corrected chi connectivity index (χ1v) is 5.81. The highest BCUT2D eigenvalue weighted by Crippen LogP contribution is 2.17. The van der Waals surface area contributed by atoms with Gasteiger partial charge in [0.15, 0.2) is 5.17 Å². The van der Waals surface area contributed by atoms with Crippen molar-refractivity contribution in [1.29, 1.82) is 0 Å². The molecule has 0 heterocycles. The predicted octanol–water partition coefficient (Wildman–Crippen LogP) is 2.64. The van der Waals surface area contributed by atoms with Crippen LogP contribution >= 0.6 is 35.7 Å². The van der Waals surface area contributed by atoms with Crippen LogP contribution in [0.5, 0.6) is 0 Å². The molecule has 0 N–H and O–H groups in total. The largest absolute Gasteiger partial charge is 0.358 e. The number of carbonyl (C=O) groups excluding carboxylic acids is 1. The van der Waals surface area contributed by atoms with E-state index < -0.39 is 0 Å². The fraction of sp³-hybridized carbons (Fsp3) is 0.800. The monoisotopic (exact) mass is 344 g/mol. The van der Waals surface area contributed by atoms with Crippen LogP contribution in [0.15, 0.2) is 4.99 Å². The van der Waals surface area contributed by atoms with Gasteiger partial charge < -0.3 is 4.90 Å². The summed E-state index contributed by atoms with van der Waals surface area (Å²) in [4.78, 5) is 17.5. The third kappa shape index (κ3) is 8.07. The molecule has 0 saturated heterocycles. The lowest BCUT2D eigenvalue weighted by Crippen LogP contribution is -2.27. The Morgan fingerprint density at radius 2 is 1.87 bits per heavy atom. The number of rotatable bonds is 3. The molecule has 15 heavy (non-hydrogen) atoms. The second kappa shape index (κ2) is 7.49. The van der Waals surface area contributed by atoms with E-state index in [0.29, 0.717) is 6.42 Å². The molecule has 0 aromatic carbocycles. The van der Waals surface area contributed by atoms with E-state index in [2.05, 4.69) is 4.99 Å². The van der Waals surface area contributed by atoms with Gasteiger partial charge in [0.05, 0.1) is 5.54 Å². The minimum Gasteiger partial charge on any atom is -0.358 e. The smallest absolute Gasteiger partial charge is 0.158 e. The van der Waals surface area contributed by atoms with E-state index in [9.17, 15) is 4.79 Å². The third-order valence-corrected chi connectivity index (χ3v) is 2.47. The topological polar surface area (TPSA) is 32.7 Å². The van der Waals surface area contributed by atoms with E-state index in [1.54, 1.807) is 18.7 Å². The van der Waals surface area contributed by atoms with E-state index in [-0.39, 0.29) is 35.3 Å². The zero-order valence-electron chi connectivity index (χ0n) is 10.3. The minimum absolute atomic E-state index is 0. The van der Waals surface area contributed by atoms with Crippen molar-refractivity contribution in [3.05, 3.63) is 0 Å². The molecule has 0 amide bonds. The summed E-state index contributed by atoms with van der Waals surface area (Å²) in [5.41, 5.74) is -0.297. The fourth-order valence-corrected chi connectivity index (χ4v) is 1.94. The van der Waals surface area contributed by atoms with E-state index in [1.807, 2.05) is 39.1 Å². The number of aliphatic imine (C=N–C) groups is 1. The summed E-state index contributed by atoms with van der Waals surface area (Å²) in [5, 5.41) is 0.955. The molecule has 3 nitrogen and oxygen atoms in total. The van der Waals surface area contributed by atoms with E-state index in [1.165, 1.54) is 0 Å². The Hall–Kier alpha value is 0.220. The number of hydrogen-bond acceptors (Lipinski definition) is 3. The predicted molar refractivity (Wildman–Crippen MR) is 79.4 cm³/mol. The van der Waals surface area contributed by atoms with Gasteiger partial charge >= 0.3 is 0 Å². The molecule has 0 unspecified atom stereocenters. The van der Waals surface area contributed by atoms with E-state index in [4.69, 9.17) is 0 Å². The number of amidine groups is 1. The van der Waals surface area contributed by atoms with E-state index >= 15 is 0 Å². The van der Waals surface area contributed by atoms with Gasteiger partial charge in [-0.3, -0.25) is 9.79 Å². The van der Waals surface area contributed by atoms with Crippen molar-refractivity contribution < 1.29 is 4.79 Å². The van der Waals surface area contributed by atoms with Crippen LogP contribution in [0, 0.1) is 0 Å². The maximum Gasteiger partial charge on any atom is 0.158 e. The Balaban J connectivity index is 0. The molecule has 0 radical (unpaired) electrons. The molecule has 0 aliphatic rings. The zero-order valence-corrected chi connectivity index (χ0v) is 13.5. The number of halogens is 1. The van der Waals surface area contributed by atoms with Crippen LogP contribution in [0.2, 0.25) is 0 Å². The first-order chi connectivity index (χ1) is 6.28. The normalized spacial score (nSPS) is 12.0. The van der Waals surface area contributed by atoms with Gasteiger partial charge in [-0.1, -0.05) is 11.8 Å². The van der Waals surface area contributed by atoms with Crippen molar-refractivity contribution in [3.8, 4) is 0 Å². The minimum atomic E-state index is -0.297. The average molecular weight is 344 g/mol. The van der Waals surface area contributed by atoms with Crippen LogP contribution in [0.1, 0.15) is 27.2 Å². The first-order valence-electron chi connectivity index (χ1n) is 4.59. The number of nitrogens with zero attached hydrogens (tertiary/aromatic N) is 2. The van der Waals surface area contributed by atoms with Crippen LogP contribution in [0.4, 0.5) is 0 Å². The Morgan fingerprint density at radius 3 is 2.13 bits per heavy atom. The number of carbonyl (C=O) groups is 1. The van der Waals surface area contributed by atoms with Gasteiger partial charge in [0.1, 0.15) is 5.78 Å². The molecule has 0 spiro atoms. The molecule has 5 heteroatoms. The van der Waals surface area contributed by atoms with Crippen LogP contribution in [0.25, 0.3) is 0 Å². The molecule has 0 atom stereocenters. The van der Waals surface area contributed by atoms with Gasteiger partial charge in [0, 0.05) is 20.5 Å². The molecule has 0 aliphatic heterocycles. The summed E-state index contributed by atoms with van der Waals surface area (Å²) in [6, 6.07) is 0. The SMILES string of the molecule is CSC(=NC(C)(C)CC(C)=O)N(C)C.I. The van der Waals surface area contributed by atoms with Crippen molar-refractivity contribution in [3.63, 3.8) is 0 Å². The van der Waals surface area contributed by atoms with Gasteiger partial charge in [0.2, 0.25) is 0 Å². The van der Waals surface area contributed by atoms with Crippen LogP contribution in [-0.2, 0) is 4.79 Å². The molecule has 0 aromatic heterocycles. The van der Waals surface area contributed by atoms with Crippen molar-refractivity contribution in [2.75, 3.05) is 20.4 Å². The fourth-order valence-electron chi connectivity index (χ4n) is 1.24. The Labute approximate surface area is 114 Å². The summed E-state index contributed by atoms with van der Waals surface area (Å²) in [7, 11) is 3.92. The Morgan fingerprint density at radius 1 is 1.40 bits per heavy atom. The van der Waals surface area contributed by atoms with Crippen LogP contribution < -0.4 is 0 Å². The summed E-state index contributed by atoms with van der Waals surface area (Å²) >= 11 is 1.60. The van der Waals surface area contributed by atoms with Crippen LogP contribution in [0.3, 0.4) is 0 Å². The van der Waals surface area contributed by atoms with Crippen molar-refractivity contribution in [2.45, 2.75) is 32.7 Å². The lowest BCUT2D eigenvalue weighted by atomic mass is 9.99. The molecular formula is C10H21IN2OS. The molecule has 0 rings (SSSR count). The molecule has 0 bridgehead atoms. The van der Waals surface area contributed by atoms with Gasteiger partial charge in [-0.15, -0.1) is 24.0 Å². The van der Waals surface area contributed by atoms with Gasteiger partial charge in [-0.05, 0) is 27.0 Å². The number of Topliss-reactive ketones (excluding diaryl/α,β-unsaturated/α-hetero) is 1. The Bertz CT molecular complexity index is 240. The van der Waals surface area contributed by atoms with Crippen molar-refractivity contribution in [1.82, 2.24) is 4.90 Å².